The van der Waals surface area contributed by atoms with Crippen LogP contribution in [0.5, 0.6) is 5.75 Å². The highest BCUT2D eigenvalue weighted by molar-refractivity contribution is 9.10. The summed E-state index contributed by atoms with van der Waals surface area (Å²) >= 11 is 22.3. The van der Waals surface area contributed by atoms with Crippen LogP contribution in [0.1, 0.15) is 25.0 Å². The van der Waals surface area contributed by atoms with Gasteiger partial charge in [0, 0.05) is 39.6 Å². The van der Waals surface area contributed by atoms with E-state index in [1.165, 1.54) is 4.90 Å². The molecule has 1 atom stereocenters. The van der Waals surface area contributed by atoms with Gasteiger partial charge in [-0.05, 0) is 65.7 Å². The zero-order valence-corrected chi connectivity index (χ0v) is 23.7. The Morgan fingerprint density at radius 3 is 2.25 bits per heavy atom. The van der Waals surface area contributed by atoms with E-state index in [-0.39, 0.29) is 25.1 Å². The molecular weight excluding hydrogens is 587 g/mol. The van der Waals surface area contributed by atoms with E-state index in [0.717, 1.165) is 5.56 Å². The molecule has 0 saturated heterocycles. The van der Waals surface area contributed by atoms with Crippen LogP contribution in [0.25, 0.3) is 0 Å². The number of hydrogen-bond donors (Lipinski definition) is 1. The van der Waals surface area contributed by atoms with Gasteiger partial charge in [-0.25, -0.2) is 0 Å². The van der Waals surface area contributed by atoms with E-state index < -0.39 is 11.9 Å². The first-order valence-corrected chi connectivity index (χ1v) is 13.2. The smallest absolute Gasteiger partial charge is 0.261 e. The molecule has 0 spiro atoms. The lowest BCUT2D eigenvalue weighted by atomic mass is 10.0. The topological polar surface area (TPSA) is 58.6 Å². The lowest BCUT2D eigenvalue weighted by Crippen LogP contribution is -2.52. The summed E-state index contributed by atoms with van der Waals surface area (Å²) in [6, 6.07) is 18.7. The van der Waals surface area contributed by atoms with Crippen LogP contribution in [0.2, 0.25) is 15.1 Å². The molecule has 3 aromatic rings. The average Bonchev–Trinajstić information content (AvgIpc) is 2.82. The number of nitrogens with one attached hydrogen (secondary N) is 1. The Bertz CT molecular complexity index is 1190. The second-order valence-electron chi connectivity index (χ2n) is 8.45. The van der Waals surface area contributed by atoms with Crippen molar-refractivity contribution >= 4 is 62.5 Å². The number of hydrogen-bond acceptors (Lipinski definition) is 3. The maximum absolute atomic E-state index is 13.6. The Kier molecular flexibility index (Phi) is 10.5. The molecule has 36 heavy (non-hydrogen) atoms. The molecule has 0 aliphatic heterocycles. The first-order chi connectivity index (χ1) is 17.2. The first-order valence-electron chi connectivity index (χ1n) is 11.3. The van der Waals surface area contributed by atoms with Gasteiger partial charge in [0.05, 0.1) is 4.47 Å². The maximum Gasteiger partial charge on any atom is 0.261 e. The van der Waals surface area contributed by atoms with Crippen molar-refractivity contribution in [1.82, 2.24) is 10.2 Å². The Morgan fingerprint density at radius 2 is 1.64 bits per heavy atom. The Hall–Kier alpha value is -2.25. The zero-order valence-electron chi connectivity index (χ0n) is 19.8. The highest BCUT2D eigenvalue weighted by atomic mass is 79.9. The minimum atomic E-state index is -0.827. The van der Waals surface area contributed by atoms with Crippen LogP contribution in [0.3, 0.4) is 0 Å². The molecule has 0 heterocycles. The van der Waals surface area contributed by atoms with Crippen molar-refractivity contribution in [3.8, 4) is 5.75 Å². The fourth-order valence-corrected chi connectivity index (χ4v) is 4.92. The molecule has 190 valence electrons. The molecule has 2 amide bonds. The molecular formula is C27H26BrCl3N2O3. The molecule has 0 bridgehead atoms. The summed E-state index contributed by atoms with van der Waals surface area (Å²) in [6.45, 7) is 3.47. The van der Waals surface area contributed by atoms with Crippen LogP contribution in [0.4, 0.5) is 0 Å². The van der Waals surface area contributed by atoms with E-state index in [9.17, 15) is 9.59 Å². The highest BCUT2D eigenvalue weighted by Gasteiger charge is 2.32. The van der Waals surface area contributed by atoms with Crippen molar-refractivity contribution < 1.29 is 14.3 Å². The molecule has 3 aromatic carbocycles. The molecule has 0 radical (unpaired) electrons. The van der Waals surface area contributed by atoms with Gasteiger partial charge >= 0.3 is 0 Å². The fourth-order valence-electron chi connectivity index (χ4n) is 3.60. The third-order valence-electron chi connectivity index (χ3n) is 5.34. The van der Waals surface area contributed by atoms with Crippen molar-refractivity contribution in [1.29, 1.82) is 0 Å². The Balaban J connectivity index is 1.97. The largest absolute Gasteiger partial charge is 0.483 e. The van der Waals surface area contributed by atoms with Crippen LogP contribution >= 0.6 is 50.7 Å². The first kappa shape index (κ1) is 28.3. The second kappa shape index (κ2) is 13.3. The summed E-state index contributed by atoms with van der Waals surface area (Å²) in [7, 11) is 0. The minimum Gasteiger partial charge on any atom is -0.483 e. The van der Waals surface area contributed by atoms with Crippen molar-refractivity contribution in [2.45, 2.75) is 38.9 Å². The molecule has 0 aromatic heterocycles. The van der Waals surface area contributed by atoms with Crippen molar-refractivity contribution in [3.05, 3.63) is 97.4 Å². The normalized spacial score (nSPS) is 11.8. The fraction of sp³-hybridized carbons (Fsp3) is 0.259. The molecule has 0 aliphatic rings. The summed E-state index contributed by atoms with van der Waals surface area (Å²) in [4.78, 5) is 28.5. The van der Waals surface area contributed by atoms with E-state index in [1.807, 2.05) is 44.2 Å². The third-order valence-corrected chi connectivity index (χ3v) is 6.90. The number of nitrogens with zero attached hydrogens (tertiary/aromatic N) is 1. The number of amides is 2. The van der Waals surface area contributed by atoms with Crippen LogP contribution < -0.4 is 10.1 Å². The van der Waals surface area contributed by atoms with Crippen molar-refractivity contribution in [3.63, 3.8) is 0 Å². The van der Waals surface area contributed by atoms with Crippen LogP contribution in [0.15, 0.2) is 71.2 Å². The molecule has 9 heteroatoms. The predicted molar refractivity (Wildman–Crippen MR) is 149 cm³/mol. The predicted octanol–water partition coefficient (Wildman–Crippen LogP) is 6.95. The maximum atomic E-state index is 13.6. The van der Waals surface area contributed by atoms with Crippen molar-refractivity contribution in [2.24, 2.45) is 0 Å². The molecule has 3 rings (SSSR count). The van der Waals surface area contributed by atoms with Gasteiger partial charge in [-0.3, -0.25) is 9.59 Å². The average molecular weight is 613 g/mol. The molecule has 1 unspecified atom stereocenters. The van der Waals surface area contributed by atoms with Crippen LogP contribution in [-0.2, 0) is 22.6 Å². The minimum absolute atomic E-state index is 0.0332. The third kappa shape index (κ3) is 7.87. The van der Waals surface area contributed by atoms with E-state index in [1.54, 1.807) is 36.4 Å². The quantitative estimate of drug-likeness (QED) is 0.270. The summed E-state index contributed by atoms with van der Waals surface area (Å²) in [5, 5.41) is 4.29. The van der Waals surface area contributed by atoms with Crippen LogP contribution in [0, 0.1) is 0 Å². The van der Waals surface area contributed by atoms with Gasteiger partial charge in [0.15, 0.2) is 6.61 Å². The summed E-state index contributed by atoms with van der Waals surface area (Å²) < 4.78 is 6.41. The highest BCUT2D eigenvalue weighted by Crippen LogP contribution is 2.29. The SMILES string of the molecule is CC(C)NC(=O)C(Cc1ccccc1)N(Cc1c(Cl)cccc1Cl)C(=O)COc1ccc(Cl)cc1Br. The number of benzene rings is 3. The van der Waals surface area contributed by atoms with Gasteiger partial charge in [0.25, 0.3) is 5.91 Å². The lowest BCUT2D eigenvalue weighted by Gasteiger charge is -2.32. The number of carbonyl (C=O) groups excluding carboxylic acids is 2. The second-order valence-corrected chi connectivity index (χ2v) is 10.6. The van der Waals surface area contributed by atoms with Crippen LogP contribution in [-0.4, -0.2) is 35.4 Å². The summed E-state index contributed by atoms with van der Waals surface area (Å²) in [5.41, 5.74) is 1.46. The Morgan fingerprint density at radius 1 is 0.972 bits per heavy atom. The monoisotopic (exact) mass is 610 g/mol. The molecule has 5 nitrogen and oxygen atoms in total. The molecule has 0 saturated carbocycles. The van der Waals surface area contributed by atoms with Gasteiger partial charge in [-0.15, -0.1) is 0 Å². The van der Waals surface area contributed by atoms with Crippen molar-refractivity contribution in [2.75, 3.05) is 6.61 Å². The van der Waals surface area contributed by atoms with E-state index in [4.69, 9.17) is 39.5 Å². The molecule has 0 fully saturated rings. The van der Waals surface area contributed by atoms with Gasteiger partial charge in [0.2, 0.25) is 5.91 Å². The number of halogens is 4. The number of carbonyl (C=O) groups is 2. The molecule has 1 N–H and O–H groups in total. The van der Waals surface area contributed by atoms with E-state index in [0.29, 0.717) is 37.3 Å². The number of ether oxygens (including phenoxy) is 1. The van der Waals surface area contributed by atoms with Gasteiger partial charge in [-0.2, -0.15) is 0 Å². The Labute approximate surface area is 234 Å². The standard InChI is InChI=1S/C27H26BrCl3N2O3/c1-17(2)32-27(35)24(13-18-7-4-3-5-8-18)33(15-20-22(30)9-6-10-23(20)31)26(34)16-36-25-12-11-19(29)14-21(25)28/h3-12,14,17,24H,13,15-16H2,1-2H3,(H,32,35). The van der Waals surface area contributed by atoms with E-state index in [2.05, 4.69) is 21.2 Å². The van der Waals surface area contributed by atoms with Gasteiger partial charge in [0.1, 0.15) is 11.8 Å². The number of rotatable bonds is 10. The lowest BCUT2D eigenvalue weighted by molar-refractivity contribution is -0.143. The van der Waals surface area contributed by atoms with Gasteiger partial charge < -0.3 is 15.0 Å². The summed E-state index contributed by atoms with van der Waals surface area (Å²) in [6.07, 6.45) is 0.303. The molecule has 0 aliphatic carbocycles. The van der Waals surface area contributed by atoms with Gasteiger partial charge in [-0.1, -0.05) is 71.2 Å². The van der Waals surface area contributed by atoms with E-state index >= 15 is 0 Å². The zero-order chi connectivity index (χ0) is 26.2. The summed E-state index contributed by atoms with van der Waals surface area (Å²) in [5.74, 6) is -0.222.